The van der Waals surface area contributed by atoms with E-state index in [4.69, 9.17) is 4.74 Å². The topological polar surface area (TPSA) is 65.1 Å². The summed E-state index contributed by atoms with van der Waals surface area (Å²) >= 11 is 0. The number of hydrogen-bond acceptors (Lipinski definition) is 5. The molecule has 34 heavy (non-hydrogen) atoms. The van der Waals surface area contributed by atoms with E-state index >= 15 is 0 Å². The summed E-state index contributed by atoms with van der Waals surface area (Å²) in [4.78, 5) is 31.4. The highest BCUT2D eigenvalue weighted by atomic mass is 16.5. The third-order valence-electron chi connectivity index (χ3n) is 6.47. The van der Waals surface area contributed by atoms with Crippen LogP contribution in [0.25, 0.3) is 0 Å². The van der Waals surface area contributed by atoms with E-state index in [0.29, 0.717) is 24.3 Å². The zero-order chi connectivity index (χ0) is 24.5. The number of nitrogens with zero attached hydrogens (tertiary/aromatic N) is 3. The number of amides is 2. The summed E-state index contributed by atoms with van der Waals surface area (Å²) in [6.07, 6.45) is 0.674. The van der Waals surface area contributed by atoms with Gasteiger partial charge in [-0.3, -0.25) is 15.0 Å². The first-order valence-corrected chi connectivity index (χ1v) is 12.3. The van der Waals surface area contributed by atoms with Gasteiger partial charge in [0.25, 0.3) is 5.91 Å². The fraction of sp³-hybridized carbons (Fsp3) is 0.481. The molecule has 0 radical (unpaired) electrons. The number of methoxy groups -OCH3 is 1. The Bertz CT molecular complexity index is 935. The van der Waals surface area contributed by atoms with E-state index in [1.54, 1.807) is 0 Å². The summed E-state index contributed by atoms with van der Waals surface area (Å²) in [6, 6.07) is 16.0. The highest BCUT2D eigenvalue weighted by Crippen LogP contribution is 2.31. The lowest BCUT2D eigenvalue weighted by molar-refractivity contribution is 0.0773. The van der Waals surface area contributed by atoms with Gasteiger partial charge in [0, 0.05) is 50.5 Å². The van der Waals surface area contributed by atoms with E-state index in [0.717, 1.165) is 50.3 Å². The van der Waals surface area contributed by atoms with Gasteiger partial charge in [-0.1, -0.05) is 31.2 Å². The molecular weight excluding hydrogens is 428 g/mol. The van der Waals surface area contributed by atoms with Gasteiger partial charge in [0.05, 0.1) is 13.2 Å². The number of benzene rings is 2. The molecule has 0 saturated carbocycles. The number of hydrogen-bond donors (Lipinski definition) is 1. The molecule has 7 nitrogen and oxygen atoms in total. The summed E-state index contributed by atoms with van der Waals surface area (Å²) in [5.74, 6) is 0.0607. The number of piperazine rings is 1. The highest BCUT2D eigenvalue weighted by molar-refractivity contribution is 5.94. The van der Waals surface area contributed by atoms with Crippen LogP contribution in [0.3, 0.4) is 0 Å². The molecule has 184 valence electrons. The van der Waals surface area contributed by atoms with E-state index in [1.807, 2.05) is 49.1 Å². The maximum atomic E-state index is 12.8. The second-order valence-electron chi connectivity index (χ2n) is 8.62. The molecule has 1 unspecified atom stereocenters. The standard InChI is InChI=1S/C27H38N4O3/c1-5-15-29-16-18-31(19-17-29)25(23-9-8-10-24(20-23)28-27(33)34-4)21-11-13-22(14-12-21)26(32)30(6-2)7-3/h8-14,20,25H,5-7,15-19H2,1-4H3,(H,28,33). The predicted octanol–water partition coefficient (Wildman–Crippen LogP) is 4.46. The van der Waals surface area contributed by atoms with Crippen LogP contribution in [-0.2, 0) is 4.74 Å². The monoisotopic (exact) mass is 466 g/mol. The van der Waals surface area contributed by atoms with Gasteiger partial charge >= 0.3 is 6.09 Å². The molecule has 1 N–H and O–H groups in total. The molecule has 2 aromatic carbocycles. The van der Waals surface area contributed by atoms with Crippen molar-refractivity contribution < 1.29 is 14.3 Å². The Balaban J connectivity index is 1.91. The molecule has 1 aliphatic heterocycles. The van der Waals surface area contributed by atoms with Crippen molar-refractivity contribution in [2.45, 2.75) is 33.2 Å². The van der Waals surface area contributed by atoms with Crippen molar-refractivity contribution in [1.82, 2.24) is 14.7 Å². The second-order valence-corrected chi connectivity index (χ2v) is 8.62. The van der Waals surface area contributed by atoms with Gasteiger partial charge in [-0.2, -0.15) is 0 Å². The fourth-order valence-corrected chi connectivity index (χ4v) is 4.63. The highest BCUT2D eigenvalue weighted by Gasteiger charge is 2.27. The molecular formula is C27H38N4O3. The van der Waals surface area contributed by atoms with E-state index in [1.165, 1.54) is 7.11 Å². The van der Waals surface area contributed by atoms with Crippen molar-refractivity contribution >= 4 is 17.7 Å². The van der Waals surface area contributed by atoms with Crippen LogP contribution in [0.2, 0.25) is 0 Å². The largest absolute Gasteiger partial charge is 0.453 e. The minimum Gasteiger partial charge on any atom is -0.453 e. The lowest BCUT2D eigenvalue weighted by atomic mass is 9.95. The van der Waals surface area contributed by atoms with Crippen molar-refractivity contribution in [3.63, 3.8) is 0 Å². The van der Waals surface area contributed by atoms with Gasteiger partial charge in [0.15, 0.2) is 0 Å². The number of carbonyl (C=O) groups excluding carboxylic acids is 2. The van der Waals surface area contributed by atoms with E-state index in [2.05, 4.69) is 40.2 Å². The maximum absolute atomic E-state index is 12.8. The molecule has 1 fully saturated rings. The van der Waals surface area contributed by atoms with Crippen LogP contribution in [0, 0.1) is 0 Å². The molecule has 1 aliphatic rings. The first kappa shape index (κ1) is 25.7. The Morgan fingerprint density at radius 2 is 1.65 bits per heavy atom. The molecule has 2 aromatic rings. The molecule has 0 spiro atoms. The Morgan fingerprint density at radius 3 is 2.24 bits per heavy atom. The molecule has 1 saturated heterocycles. The summed E-state index contributed by atoms with van der Waals surface area (Å²) < 4.78 is 4.76. The third-order valence-corrected chi connectivity index (χ3v) is 6.47. The van der Waals surface area contributed by atoms with Gasteiger partial charge in [-0.25, -0.2) is 4.79 Å². The van der Waals surface area contributed by atoms with Gasteiger partial charge in [-0.15, -0.1) is 0 Å². The number of carbonyl (C=O) groups is 2. The molecule has 1 atom stereocenters. The van der Waals surface area contributed by atoms with Crippen LogP contribution in [0.5, 0.6) is 0 Å². The van der Waals surface area contributed by atoms with Crippen LogP contribution in [0.4, 0.5) is 10.5 Å². The quantitative estimate of drug-likeness (QED) is 0.591. The summed E-state index contributed by atoms with van der Waals surface area (Å²) in [6.45, 7) is 12.7. The second kappa shape index (κ2) is 12.5. The Kier molecular flexibility index (Phi) is 9.48. The lowest BCUT2D eigenvalue weighted by Crippen LogP contribution is -2.47. The fourth-order valence-electron chi connectivity index (χ4n) is 4.63. The molecule has 0 bridgehead atoms. The van der Waals surface area contributed by atoms with Crippen LogP contribution in [0.1, 0.15) is 54.7 Å². The average Bonchev–Trinajstić information content (AvgIpc) is 2.86. The predicted molar refractivity (Wildman–Crippen MR) is 136 cm³/mol. The lowest BCUT2D eigenvalue weighted by Gasteiger charge is -2.40. The number of nitrogens with one attached hydrogen (secondary N) is 1. The minimum absolute atomic E-state index is 0.0285. The first-order chi connectivity index (χ1) is 16.5. The number of rotatable bonds is 9. The molecule has 0 aliphatic carbocycles. The zero-order valence-electron chi connectivity index (χ0n) is 20.9. The number of anilines is 1. The smallest absolute Gasteiger partial charge is 0.411 e. The van der Waals surface area contributed by atoms with Crippen molar-refractivity contribution in [3.05, 3.63) is 65.2 Å². The maximum Gasteiger partial charge on any atom is 0.411 e. The average molecular weight is 467 g/mol. The summed E-state index contributed by atoms with van der Waals surface area (Å²) in [5.41, 5.74) is 3.64. The molecule has 1 heterocycles. The van der Waals surface area contributed by atoms with E-state index in [-0.39, 0.29) is 11.9 Å². The molecule has 0 aromatic heterocycles. The number of ether oxygens (including phenoxy) is 1. The van der Waals surface area contributed by atoms with Crippen LogP contribution < -0.4 is 5.32 Å². The van der Waals surface area contributed by atoms with Crippen LogP contribution >= 0.6 is 0 Å². The van der Waals surface area contributed by atoms with Gasteiger partial charge < -0.3 is 14.5 Å². The van der Waals surface area contributed by atoms with E-state index in [9.17, 15) is 9.59 Å². The summed E-state index contributed by atoms with van der Waals surface area (Å²) in [5, 5.41) is 2.78. The van der Waals surface area contributed by atoms with Gasteiger partial charge in [0.1, 0.15) is 0 Å². The van der Waals surface area contributed by atoms with Crippen molar-refractivity contribution in [2.24, 2.45) is 0 Å². The van der Waals surface area contributed by atoms with Crippen LogP contribution in [-0.4, -0.2) is 79.6 Å². The molecule has 3 rings (SSSR count). The third kappa shape index (κ3) is 6.36. The SMILES string of the molecule is CCCN1CCN(C(c2ccc(C(=O)N(CC)CC)cc2)c2cccc(NC(=O)OC)c2)CC1. The van der Waals surface area contributed by atoms with Crippen molar-refractivity contribution in [3.8, 4) is 0 Å². The first-order valence-electron chi connectivity index (χ1n) is 12.3. The zero-order valence-corrected chi connectivity index (χ0v) is 20.9. The summed E-state index contributed by atoms with van der Waals surface area (Å²) in [7, 11) is 1.36. The molecule has 7 heteroatoms. The van der Waals surface area contributed by atoms with Crippen molar-refractivity contribution in [2.75, 3.05) is 58.2 Å². The Hall–Kier alpha value is -2.90. The van der Waals surface area contributed by atoms with Gasteiger partial charge in [-0.05, 0) is 62.2 Å². The van der Waals surface area contributed by atoms with E-state index < -0.39 is 6.09 Å². The van der Waals surface area contributed by atoms with Crippen LogP contribution in [0.15, 0.2) is 48.5 Å². The Labute approximate surface area is 203 Å². The molecule has 2 amide bonds. The van der Waals surface area contributed by atoms with Crippen molar-refractivity contribution in [1.29, 1.82) is 0 Å². The Morgan fingerprint density at radius 1 is 0.971 bits per heavy atom. The minimum atomic E-state index is -0.485. The van der Waals surface area contributed by atoms with Gasteiger partial charge in [0.2, 0.25) is 0 Å². The normalized spacial score (nSPS) is 15.5.